The van der Waals surface area contributed by atoms with Gasteiger partial charge in [0, 0.05) is 6.04 Å². The lowest BCUT2D eigenvalue weighted by molar-refractivity contribution is 0.124. The molecule has 1 nitrogen and oxygen atoms in total. The first-order chi connectivity index (χ1) is 6.95. The van der Waals surface area contributed by atoms with Gasteiger partial charge in [0.25, 0.3) is 0 Å². The molecule has 0 heterocycles. The predicted molar refractivity (Wildman–Crippen MR) is 65.4 cm³/mol. The van der Waals surface area contributed by atoms with Gasteiger partial charge in [-0.25, -0.2) is 0 Å². The lowest BCUT2D eigenvalue weighted by Crippen LogP contribution is -2.46. The molecule has 0 spiro atoms. The van der Waals surface area contributed by atoms with Gasteiger partial charge in [0.1, 0.15) is 0 Å². The summed E-state index contributed by atoms with van der Waals surface area (Å²) in [4.78, 5) is 0. The second-order valence-corrected chi connectivity index (χ2v) is 6.12. The summed E-state index contributed by atoms with van der Waals surface area (Å²) in [5.41, 5.74) is 9.65. The molecule has 0 saturated heterocycles. The summed E-state index contributed by atoms with van der Waals surface area (Å²) < 4.78 is 0. The normalized spacial score (nSPS) is 45.4. The first-order valence-corrected chi connectivity index (χ1v) is 6.38. The van der Waals surface area contributed by atoms with Crippen LogP contribution >= 0.6 is 0 Å². The molecule has 2 N–H and O–H groups in total. The highest BCUT2D eigenvalue weighted by atomic mass is 14.7. The van der Waals surface area contributed by atoms with Crippen LogP contribution in [0.25, 0.3) is 0 Å². The van der Waals surface area contributed by atoms with Crippen LogP contribution in [0, 0.1) is 29.6 Å². The summed E-state index contributed by atoms with van der Waals surface area (Å²) in [6.45, 7) is 11.7. The van der Waals surface area contributed by atoms with Crippen molar-refractivity contribution in [1.82, 2.24) is 0 Å². The van der Waals surface area contributed by atoms with Gasteiger partial charge in [-0.3, -0.25) is 0 Å². The van der Waals surface area contributed by atoms with E-state index >= 15 is 0 Å². The average Bonchev–Trinajstić information content (AvgIpc) is 2.28. The van der Waals surface area contributed by atoms with Crippen molar-refractivity contribution in [3.05, 3.63) is 11.1 Å². The molecule has 2 bridgehead atoms. The number of fused-ring (bicyclic) bond motifs is 2. The molecule has 2 aliphatic rings. The molecule has 0 amide bonds. The molecule has 15 heavy (non-hydrogen) atoms. The maximum atomic E-state index is 6.44. The Morgan fingerprint density at radius 1 is 1.13 bits per heavy atom. The molecule has 0 aromatic rings. The van der Waals surface area contributed by atoms with Gasteiger partial charge in [-0.1, -0.05) is 31.9 Å². The van der Waals surface area contributed by atoms with Crippen molar-refractivity contribution >= 4 is 0 Å². The fourth-order valence-electron chi connectivity index (χ4n) is 4.15. The smallest absolute Gasteiger partial charge is 0.0176 e. The summed E-state index contributed by atoms with van der Waals surface area (Å²) in [6.07, 6.45) is 1.37. The SMILES string of the molecule is CC1=C(C)C2C(N)C1[C@H](C(C)C)C[C@@H]2C. The van der Waals surface area contributed by atoms with Crippen LogP contribution in [0.1, 0.15) is 41.0 Å². The zero-order valence-electron chi connectivity index (χ0n) is 10.7. The van der Waals surface area contributed by atoms with Crippen LogP contribution in [-0.4, -0.2) is 6.04 Å². The molecule has 1 fully saturated rings. The van der Waals surface area contributed by atoms with Crippen LogP contribution in [0.15, 0.2) is 11.1 Å². The van der Waals surface area contributed by atoms with Crippen LogP contribution < -0.4 is 5.73 Å². The molecule has 0 aromatic carbocycles. The van der Waals surface area contributed by atoms with Gasteiger partial charge >= 0.3 is 0 Å². The largest absolute Gasteiger partial charge is 0.327 e. The summed E-state index contributed by atoms with van der Waals surface area (Å²) in [5.74, 6) is 3.70. The molecule has 0 radical (unpaired) electrons. The summed E-state index contributed by atoms with van der Waals surface area (Å²) in [6, 6.07) is 0.404. The Balaban J connectivity index is 2.37. The number of nitrogens with two attached hydrogens (primary N) is 1. The Kier molecular flexibility index (Phi) is 2.70. The summed E-state index contributed by atoms with van der Waals surface area (Å²) in [5, 5.41) is 0. The number of hydrogen-bond acceptors (Lipinski definition) is 1. The summed E-state index contributed by atoms with van der Waals surface area (Å²) >= 11 is 0. The minimum absolute atomic E-state index is 0.404. The van der Waals surface area contributed by atoms with Gasteiger partial charge in [-0.2, -0.15) is 0 Å². The second-order valence-electron chi connectivity index (χ2n) is 6.12. The molecule has 1 heteroatoms. The zero-order valence-corrected chi connectivity index (χ0v) is 10.7. The first kappa shape index (κ1) is 11.2. The first-order valence-electron chi connectivity index (χ1n) is 6.38. The molecule has 0 aromatic heterocycles. The quantitative estimate of drug-likeness (QED) is 0.656. The third kappa shape index (κ3) is 1.47. The van der Waals surface area contributed by atoms with Crippen LogP contribution in [0.4, 0.5) is 0 Å². The van der Waals surface area contributed by atoms with Gasteiger partial charge < -0.3 is 5.73 Å². The van der Waals surface area contributed by atoms with Crippen LogP contribution in [0.2, 0.25) is 0 Å². The molecule has 5 atom stereocenters. The van der Waals surface area contributed by atoms with Crippen LogP contribution in [0.3, 0.4) is 0 Å². The standard InChI is InChI=1S/C14H25N/c1-7(2)11-6-8(3)12-9(4)10(5)13(11)14(12)15/h7-8,11-14H,6,15H2,1-5H3/t8-,11-,12?,13?,14?/m0/s1. The van der Waals surface area contributed by atoms with Crippen molar-refractivity contribution in [2.24, 2.45) is 35.3 Å². The minimum atomic E-state index is 0.404. The molecule has 0 aliphatic heterocycles. The number of hydrogen-bond donors (Lipinski definition) is 1. The Bertz CT molecular complexity index is 290. The highest BCUT2D eigenvalue weighted by Gasteiger charge is 2.48. The highest BCUT2D eigenvalue weighted by molar-refractivity contribution is 5.30. The monoisotopic (exact) mass is 207 g/mol. The topological polar surface area (TPSA) is 26.0 Å². The van der Waals surface area contributed by atoms with Crippen LogP contribution in [0.5, 0.6) is 0 Å². The van der Waals surface area contributed by atoms with Gasteiger partial charge in [0.05, 0.1) is 0 Å². The van der Waals surface area contributed by atoms with E-state index in [9.17, 15) is 0 Å². The van der Waals surface area contributed by atoms with E-state index in [1.807, 2.05) is 0 Å². The van der Waals surface area contributed by atoms with Gasteiger partial charge in [0.2, 0.25) is 0 Å². The van der Waals surface area contributed by atoms with E-state index in [1.165, 1.54) is 6.42 Å². The lowest BCUT2D eigenvalue weighted by atomic mass is 9.65. The predicted octanol–water partition coefficient (Wildman–Crippen LogP) is 3.21. The van der Waals surface area contributed by atoms with Crippen molar-refractivity contribution in [2.75, 3.05) is 0 Å². The van der Waals surface area contributed by atoms with E-state index in [0.717, 1.165) is 17.8 Å². The molecule has 2 aliphatic carbocycles. The Labute approximate surface area is 94.1 Å². The fraction of sp³-hybridized carbons (Fsp3) is 0.857. The Hall–Kier alpha value is -0.300. The van der Waals surface area contributed by atoms with E-state index in [2.05, 4.69) is 34.6 Å². The summed E-state index contributed by atoms with van der Waals surface area (Å²) in [7, 11) is 0. The molecule has 3 unspecified atom stereocenters. The van der Waals surface area contributed by atoms with E-state index in [-0.39, 0.29) is 0 Å². The van der Waals surface area contributed by atoms with Crippen molar-refractivity contribution in [3.8, 4) is 0 Å². The van der Waals surface area contributed by atoms with Crippen LogP contribution in [-0.2, 0) is 0 Å². The highest BCUT2D eigenvalue weighted by Crippen LogP contribution is 2.52. The van der Waals surface area contributed by atoms with E-state index in [0.29, 0.717) is 17.9 Å². The molecule has 2 rings (SSSR count). The van der Waals surface area contributed by atoms with Crippen molar-refractivity contribution in [1.29, 1.82) is 0 Å². The van der Waals surface area contributed by atoms with E-state index in [4.69, 9.17) is 5.73 Å². The lowest BCUT2D eigenvalue weighted by Gasteiger charge is -2.42. The van der Waals surface area contributed by atoms with Crippen molar-refractivity contribution in [2.45, 2.75) is 47.1 Å². The average molecular weight is 207 g/mol. The molecule has 86 valence electrons. The fourth-order valence-corrected chi connectivity index (χ4v) is 4.15. The third-order valence-corrected chi connectivity index (χ3v) is 5.03. The minimum Gasteiger partial charge on any atom is -0.327 e. The maximum Gasteiger partial charge on any atom is 0.0176 e. The molecular weight excluding hydrogens is 182 g/mol. The van der Waals surface area contributed by atoms with E-state index < -0.39 is 0 Å². The second kappa shape index (κ2) is 3.62. The van der Waals surface area contributed by atoms with Gasteiger partial charge in [-0.15, -0.1) is 0 Å². The van der Waals surface area contributed by atoms with Crippen molar-refractivity contribution in [3.63, 3.8) is 0 Å². The maximum absolute atomic E-state index is 6.44. The van der Waals surface area contributed by atoms with Crippen molar-refractivity contribution < 1.29 is 0 Å². The molecular formula is C14H25N. The third-order valence-electron chi connectivity index (χ3n) is 5.03. The molecule has 1 saturated carbocycles. The van der Waals surface area contributed by atoms with Gasteiger partial charge in [0.15, 0.2) is 0 Å². The van der Waals surface area contributed by atoms with E-state index in [1.54, 1.807) is 11.1 Å². The zero-order chi connectivity index (χ0) is 11.3. The number of rotatable bonds is 1. The Morgan fingerprint density at radius 3 is 2.20 bits per heavy atom. The Morgan fingerprint density at radius 2 is 1.67 bits per heavy atom. The van der Waals surface area contributed by atoms with Gasteiger partial charge in [-0.05, 0) is 49.9 Å².